The number of benzene rings is 2. The highest BCUT2D eigenvalue weighted by Crippen LogP contribution is 2.22. The molecule has 2 aromatic heterocycles. The zero-order valence-corrected chi connectivity index (χ0v) is 13.6. The molecule has 0 bridgehead atoms. The van der Waals surface area contributed by atoms with Crippen molar-refractivity contribution in [1.29, 1.82) is 0 Å². The molecule has 3 heteroatoms. The van der Waals surface area contributed by atoms with Gasteiger partial charge in [-0.3, -0.25) is 0 Å². The van der Waals surface area contributed by atoms with E-state index >= 15 is 0 Å². The maximum atomic E-state index is 4.69. The predicted molar refractivity (Wildman–Crippen MR) is 103 cm³/mol. The average Bonchev–Trinajstić information content (AvgIpc) is 2.70. The highest BCUT2D eigenvalue weighted by Gasteiger charge is 2.04. The van der Waals surface area contributed by atoms with Crippen LogP contribution in [0.5, 0.6) is 0 Å². The Morgan fingerprint density at radius 3 is 1.32 bits per heavy atom. The van der Waals surface area contributed by atoms with Crippen molar-refractivity contribution in [1.82, 2.24) is 9.97 Å². The number of pyridine rings is 2. The number of hydrogen-bond donors (Lipinski definition) is 1. The molecule has 2 heterocycles. The van der Waals surface area contributed by atoms with E-state index in [0.717, 1.165) is 34.2 Å². The van der Waals surface area contributed by atoms with Crippen LogP contribution in [0.3, 0.4) is 0 Å². The summed E-state index contributed by atoms with van der Waals surface area (Å²) in [4.78, 5) is 9.38. The van der Waals surface area contributed by atoms with E-state index < -0.39 is 0 Å². The topological polar surface area (TPSA) is 37.8 Å². The molecule has 0 aliphatic rings. The third-order valence-electron chi connectivity index (χ3n) is 3.89. The molecular weight excluding hydrogens is 306 g/mol. The number of rotatable bonds is 4. The monoisotopic (exact) mass is 323 g/mol. The van der Waals surface area contributed by atoms with Gasteiger partial charge in [0.15, 0.2) is 0 Å². The van der Waals surface area contributed by atoms with Gasteiger partial charge < -0.3 is 5.32 Å². The molecule has 3 nitrogen and oxygen atoms in total. The van der Waals surface area contributed by atoms with Crippen LogP contribution < -0.4 is 5.32 Å². The molecule has 4 aromatic rings. The molecule has 0 unspecified atom stereocenters. The number of nitrogens with zero attached hydrogens (tertiary/aromatic N) is 2. The van der Waals surface area contributed by atoms with Crippen LogP contribution in [0.4, 0.5) is 11.6 Å². The van der Waals surface area contributed by atoms with Gasteiger partial charge in [0.1, 0.15) is 11.6 Å². The second kappa shape index (κ2) is 6.97. The van der Waals surface area contributed by atoms with E-state index in [1.165, 1.54) is 0 Å². The first-order valence-corrected chi connectivity index (χ1v) is 8.20. The molecule has 0 spiro atoms. The first-order chi connectivity index (χ1) is 12.4. The molecule has 0 saturated carbocycles. The minimum atomic E-state index is 0.777. The van der Waals surface area contributed by atoms with Gasteiger partial charge in [-0.2, -0.15) is 0 Å². The molecule has 25 heavy (non-hydrogen) atoms. The van der Waals surface area contributed by atoms with E-state index in [9.17, 15) is 0 Å². The van der Waals surface area contributed by atoms with Gasteiger partial charge in [-0.05, 0) is 24.3 Å². The zero-order chi connectivity index (χ0) is 16.9. The minimum Gasteiger partial charge on any atom is -0.325 e. The summed E-state index contributed by atoms with van der Waals surface area (Å²) in [5, 5.41) is 3.30. The Bertz CT molecular complexity index is 885. The SMILES string of the molecule is c1ccc(-c2cccc(Nc3cccc(-c4ccccc4)n3)n2)cc1. The standard InChI is InChI=1S/C22H17N3/c1-3-9-17(10-4-1)19-13-7-15-21(23-19)25-22-16-8-14-20(24-22)18-11-5-2-6-12-18/h1-16H,(H,23,24,25). The van der Waals surface area contributed by atoms with Gasteiger partial charge >= 0.3 is 0 Å². The summed E-state index contributed by atoms with van der Waals surface area (Å²) in [6, 6.07) is 32.2. The van der Waals surface area contributed by atoms with Gasteiger partial charge in [-0.25, -0.2) is 9.97 Å². The molecule has 0 radical (unpaired) electrons. The Hall–Kier alpha value is -3.46. The molecule has 0 fully saturated rings. The van der Waals surface area contributed by atoms with Crippen molar-refractivity contribution < 1.29 is 0 Å². The molecule has 1 N–H and O–H groups in total. The lowest BCUT2D eigenvalue weighted by Crippen LogP contribution is -1.97. The quantitative estimate of drug-likeness (QED) is 0.535. The maximum absolute atomic E-state index is 4.69. The molecule has 0 atom stereocenters. The van der Waals surface area contributed by atoms with Crippen molar-refractivity contribution in [2.45, 2.75) is 0 Å². The van der Waals surface area contributed by atoms with Crippen LogP contribution in [0.2, 0.25) is 0 Å². The minimum absolute atomic E-state index is 0.777. The Labute approximate surface area is 147 Å². The van der Waals surface area contributed by atoms with Crippen LogP contribution in [0, 0.1) is 0 Å². The average molecular weight is 323 g/mol. The highest BCUT2D eigenvalue weighted by molar-refractivity contribution is 5.65. The molecule has 0 saturated heterocycles. The first kappa shape index (κ1) is 15.1. The molecule has 0 aliphatic carbocycles. The van der Waals surface area contributed by atoms with E-state index in [1.807, 2.05) is 72.8 Å². The normalized spacial score (nSPS) is 10.4. The van der Waals surface area contributed by atoms with Crippen molar-refractivity contribution >= 4 is 11.6 Å². The summed E-state index contributed by atoms with van der Waals surface area (Å²) in [5.74, 6) is 1.55. The summed E-state index contributed by atoms with van der Waals surface area (Å²) in [5.41, 5.74) is 4.06. The smallest absolute Gasteiger partial charge is 0.132 e. The number of aromatic nitrogens is 2. The summed E-state index contributed by atoms with van der Waals surface area (Å²) < 4.78 is 0. The van der Waals surface area contributed by atoms with Crippen molar-refractivity contribution in [3.63, 3.8) is 0 Å². The molecule has 0 aliphatic heterocycles. The van der Waals surface area contributed by atoms with E-state index in [0.29, 0.717) is 0 Å². The van der Waals surface area contributed by atoms with Crippen molar-refractivity contribution in [2.24, 2.45) is 0 Å². The molecule has 120 valence electrons. The van der Waals surface area contributed by atoms with E-state index in [-0.39, 0.29) is 0 Å². The highest BCUT2D eigenvalue weighted by atomic mass is 15.1. The third-order valence-corrected chi connectivity index (χ3v) is 3.89. The fourth-order valence-corrected chi connectivity index (χ4v) is 2.68. The Balaban J connectivity index is 1.61. The van der Waals surface area contributed by atoms with Crippen LogP contribution in [0.1, 0.15) is 0 Å². The predicted octanol–water partition coefficient (Wildman–Crippen LogP) is 5.55. The second-order valence-corrected chi connectivity index (χ2v) is 5.67. The van der Waals surface area contributed by atoms with E-state index in [1.54, 1.807) is 0 Å². The zero-order valence-electron chi connectivity index (χ0n) is 13.6. The first-order valence-electron chi connectivity index (χ1n) is 8.20. The van der Waals surface area contributed by atoms with Crippen LogP contribution in [-0.4, -0.2) is 9.97 Å². The van der Waals surface area contributed by atoms with Crippen LogP contribution in [0.15, 0.2) is 97.1 Å². The lowest BCUT2D eigenvalue weighted by atomic mass is 10.1. The third kappa shape index (κ3) is 3.56. The number of hydrogen-bond acceptors (Lipinski definition) is 3. The second-order valence-electron chi connectivity index (χ2n) is 5.67. The summed E-state index contributed by atoms with van der Waals surface area (Å²) in [7, 11) is 0. The Morgan fingerprint density at radius 2 is 0.880 bits per heavy atom. The summed E-state index contributed by atoms with van der Waals surface area (Å²) in [6.07, 6.45) is 0. The van der Waals surface area contributed by atoms with E-state index in [2.05, 4.69) is 39.6 Å². The molecule has 2 aromatic carbocycles. The van der Waals surface area contributed by atoms with Gasteiger partial charge in [0.2, 0.25) is 0 Å². The molecular formula is C22H17N3. The molecule has 0 amide bonds. The Kier molecular flexibility index (Phi) is 4.21. The van der Waals surface area contributed by atoms with Gasteiger partial charge in [0.25, 0.3) is 0 Å². The van der Waals surface area contributed by atoms with E-state index in [4.69, 9.17) is 0 Å². The van der Waals surface area contributed by atoms with Crippen molar-refractivity contribution in [3.05, 3.63) is 97.1 Å². The fourth-order valence-electron chi connectivity index (χ4n) is 2.68. The fraction of sp³-hybridized carbons (Fsp3) is 0. The van der Waals surface area contributed by atoms with Gasteiger partial charge in [-0.15, -0.1) is 0 Å². The summed E-state index contributed by atoms with van der Waals surface area (Å²) in [6.45, 7) is 0. The van der Waals surface area contributed by atoms with Crippen LogP contribution in [-0.2, 0) is 0 Å². The summed E-state index contributed by atoms with van der Waals surface area (Å²) >= 11 is 0. The lowest BCUT2D eigenvalue weighted by Gasteiger charge is -2.09. The van der Waals surface area contributed by atoms with Crippen molar-refractivity contribution in [3.8, 4) is 22.5 Å². The van der Waals surface area contributed by atoms with Crippen LogP contribution in [0.25, 0.3) is 22.5 Å². The van der Waals surface area contributed by atoms with Gasteiger partial charge in [0.05, 0.1) is 11.4 Å². The lowest BCUT2D eigenvalue weighted by molar-refractivity contribution is 1.25. The number of anilines is 2. The largest absolute Gasteiger partial charge is 0.325 e. The van der Waals surface area contributed by atoms with Gasteiger partial charge in [-0.1, -0.05) is 72.8 Å². The van der Waals surface area contributed by atoms with Crippen LogP contribution >= 0.6 is 0 Å². The molecule has 4 rings (SSSR count). The number of nitrogens with one attached hydrogen (secondary N) is 1. The van der Waals surface area contributed by atoms with Gasteiger partial charge in [0, 0.05) is 11.1 Å². The Morgan fingerprint density at radius 1 is 0.440 bits per heavy atom. The maximum Gasteiger partial charge on any atom is 0.132 e. The van der Waals surface area contributed by atoms with Crippen molar-refractivity contribution in [2.75, 3.05) is 5.32 Å².